The quantitative estimate of drug-likeness (QED) is 0.466. The first kappa shape index (κ1) is 20.3. The van der Waals surface area contributed by atoms with Gasteiger partial charge in [-0.2, -0.15) is 10.1 Å². The van der Waals surface area contributed by atoms with Crippen molar-refractivity contribution < 1.29 is 18.6 Å². The van der Waals surface area contributed by atoms with Crippen LogP contribution in [0.25, 0.3) is 5.70 Å². The molecule has 3 aromatic carbocycles. The second-order valence-corrected chi connectivity index (χ2v) is 7.98. The van der Waals surface area contributed by atoms with Gasteiger partial charge in [0, 0.05) is 22.3 Å². The van der Waals surface area contributed by atoms with E-state index in [1.54, 1.807) is 31.0 Å². The highest BCUT2D eigenvalue weighted by Gasteiger charge is 2.42. The van der Waals surface area contributed by atoms with Crippen molar-refractivity contribution in [3.05, 3.63) is 101 Å². The highest BCUT2D eigenvalue weighted by molar-refractivity contribution is 5.85. The summed E-state index contributed by atoms with van der Waals surface area (Å²) in [5.41, 5.74) is 3.71. The van der Waals surface area contributed by atoms with E-state index >= 15 is 4.39 Å². The maximum atomic E-state index is 15.2. The molecular formula is C26H21FN4O3. The lowest BCUT2D eigenvalue weighted by atomic mass is 9.84. The van der Waals surface area contributed by atoms with E-state index in [-0.39, 0.29) is 5.82 Å². The average molecular weight is 456 g/mol. The Kier molecular flexibility index (Phi) is 4.72. The van der Waals surface area contributed by atoms with E-state index in [9.17, 15) is 0 Å². The van der Waals surface area contributed by atoms with Gasteiger partial charge in [0.15, 0.2) is 17.6 Å². The highest BCUT2D eigenvalue weighted by Crippen LogP contribution is 2.52. The van der Waals surface area contributed by atoms with Crippen LogP contribution in [-0.4, -0.2) is 29.0 Å². The number of ether oxygens (including phenoxy) is 3. The van der Waals surface area contributed by atoms with Gasteiger partial charge < -0.3 is 19.5 Å². The zero-order valence-corrected chi connectivity index (χ0v) is 18.5. The molecule has 0 unspecified atom stereocenters. The molecule has 0 radical (unpaired) electrons. The number of rotatable bonds is 4. The molecule has 0 aliphatic carbocycles. The Morgan fingerprint density at radius 1 is 0.941 bits per heavy atom. The van der Waals surface area contributed by atoms with Crippen LogP contribution >= 0.6 is 0 Å². The number of methoxy groups -OCH3 is 2. The third-order valence-electron chi connectivity index (χ3n) is 6.24. The summed E-state index contributed by atoms with van der Waals surface area (Å²) >= 11 is 0. The summed E-state index contributed by atoms with van der Waals surface area (Å²) in [6.45, 7) is 0. The number of halogens is 1. The lowest BCUT2D eigenvalue weighted by Gasteiger charge is -2.39. The number of nitrogens with one attached hydrogen (secondary N) is 1. The molecular weight excluding hydrogens is 435 g/mol. The van der Waals surface area contributed by atoms with Gasteiger partial charge in [0.05, 0.1) is 19.9 Å². The second-order valence-electron chi connectivity index (χ2n) is 7.98. The molecule has 1 aromatic heterocycles. The number of benzene rings is 3. The van der Waals surface area contributed by atoms with E-state index < -0.39 is 12.1 Å². The third-order valence-corrected chi connectivity index (χ3v) is 6.24. The van der Waals surface area contributed by atoms with Crippen molar-refractivity contribution in [3.8, 4) is 17.2 Å². The van der Waals surface area contributed by atoms with Crippen LogP contribution in [0, 0.1) is 5.82 Å². The van der Waals surface area contributed by atoms with Gasteiger partial charge in [-0.25, -0.2) is 9.07 Å². The first-order valence-electron chi connectivity index (χ1n) is 10.8. The predicted octanol–water partition coefficient (Wildman–Crippen LogP) is 4.99. The summed E-state index contributed by atoms with van der Waals surface area (Å²) in [6.07, 6.45) is 0.854. The summed E-state index contributed by atoms with van der Waals surface area (Å²) in [5.74, 6) is 2.03. The van der Waals surface area contributed by atoms with Crippen LogP contribution in [0.5, 0.6) is 17.2 Å². The zero-order chi connectivity index (χ0) is 23.2. The van der Waals surface area contributed by atoms with Gasteiger partial charge in [-0.1, -0.05) is 42.5 Å². The van der Waals surface area contributed by atoms with Crippen molar-refractivity contribution >= 4 is 11.6 Å². The minimum absolute atomic E-state index is 0.335. The Bertz CT molecular complexity index is 1430. The molecule has 0 amide bonds. The fraction of sp³-hybridized carbons (Fsp3) is 0.154. The monoisotopic (exact) mass is 456 g/mol. The van der Waals surface area contributed by atoms with Crippen LogP contribution in [0.3, 0.4) is 0 Å². The van der Waals surface area contributed by atoms with Crippen LogP contribution in [0.4, 0.5) is 10.3 Å². The number of hydrogen-bond acceptors (Lipinski definition) is 6. The van der Waals surface area contributed by atoms with Crippen molar-refractivity contribution in [3.63, 3.8) is 0 Å². The van der Waals surface area contributed by atoms with Gasteiger partial charge in [-0.05, 0) is 24.3 Å². The fourth-order valence-electron chi connectivity index (χ4n) is 4.79. The van der Waals surface area contributed by atoms with Gasteiger partial charge in [-0.3, -0.25) is 0 Å². The average Bonchev–Trinajstić information content (AvgIpc) is 3.35. The number of anilines is 1. The van der Waals surface area contributed by atoms with E-state index in [0.717, 1.165) is 22.4 Å². The number of hydrogen-bond donors (Lipinski definition) is 1. The van der Waals surface area contributed by atoms with E-state index in [1.165, 1.54) is 12.4 Å². The molecule has 7 nitrogen and oxygen atoms in total. The first-order valence-corrected chi connectivity index (χ1v) is 10.8. The molecule has 3 heterocycles. The number of aromatic nitrogens is 3. The van der Waals surface area contributed by atoms with E-state index in [4.69, 9.17) is 14.2 Å². The highest BCUT2D eigenvalue weighted by atomic mass is 19.1. The number of para-hydroxylation sites is 2. The zero-order valence-electron chi connectivity index (χ0n) is 18.5. The van der Waals surface area contributed by atoms with Crippen LogP contribution < -0.4 is 19.5 Å². The van der Waals surface area contributed by atoms with Gasteiger partial charge >= 0.3 is 0 Å². The SMILES string of the molecule is COc1cccc([C@H]2Oc3ccccc3C3=C2[C@H](c2ccccc2F)n2ncnc2N3)c1OC. The predicted molar refractivity (Wildman–Crippen MR) is 124 cm³/mol. The van der Waals surface area contributed by atoms with Crippen LogP contribution in [0.1, 0.15) is 28.8 Å². The Morgan fingerprint density at radius 2 is 1.74 bits per heavy atom. The molecule has 0 fully saturated rings. The second kappa shape index (κ2) is 7.91. The van der Waals surface area contributed by atoms with Crippen molar-refractivity contribution in [2.45, 2.75) is 12.1 Å². The van der Waals surface area contributed by atoms with Crippen molar-refractivity contribution in [2.24, 2.45) is 0 Å². The topological polar surface area (TPSA) is 70.4 Å². The van der Waals surface area contributed by atoms with Gasteiger partial charge in [-0.15, -0.1) is 0 Å². The number of nitrogens with zero attached hydrogens (tertiary/aromatic N) is 3. The minimum Gasteiger partial charge on any atom is -0.493 e. The standard InChI is InChI=1S/C26H21FN4O3/c1-32-20-13-7-10-17(24(20)33-2)25-21-22(16-9-4-6-12-19(16)34-25)30-26-28-14-29-31(26)23(21)15-8-3-5-11-18(15)27/h3-14,23,25H,1-2H3,(H,28,29,30)/t23-,25+/m0/s1. The molecule has 1 N–H and O–H groups in total. The van der Waals surface area contributed by atoms with E-state index in [2.05, 4.69) is 15.4 Å². The van der Waals surface area contributed by atoms with Gasteiger partial charge in [0.2, 0.25) is 5.95 Å². The summed E-state index contributed by atoms with van der Waals surface area (Å²) in [5, 5.41) is 7.85. The molecule has 170 valence electrons. The van der Waals surface area contributed by atoms with Crippen LogP contribution in [0.15, 0.2) is 78.6 Å². The van der Waals surface area contributed by atoms with Crippen molar-refractivity contribution in [1.82, 2.24) is 14.8 Å². The Labute approximate surface area is 195 Å². The first-order chi connectivity index (χ1) is 16.7. The molecule has 0 saturated carbocycles. The Balaban J connectivity index is 1.66. The summed E-state index contributed by atoms with van der Waals surface area (Å²) in [4.78, 5) is 4.38. The van der Waals surface area contributed by atoms with Crippen molar-refractivity contribution in [1.29, 1.82) is 0 Å². The molecule has 6 rings (SSSR count). The smallest absolute Gasteiger partial charge is 0.226 e. The molecule has 2 aliphatic rings. The normalized spacial score (nSPS) is 18.2. The maximum absolute atomic E-state index is 15.2. The molecule has 8 heteroatoms. The van der Waals surface area contributed by atoms with Gasteiger partial charge in [0.25, 0.3) is 0 Å². The lowest BCUT2D eigenvalue weighted by Crippen LogP contribution is -2.33. The lowest BCUT2D eigenvalue weighted by molar-refractivity contribution is 0.215. The molecule has 0 spiro atoms. The molecule has 0 bridgehead atoms. The largest absolute Gasteiger partial charge is 0.493 e. The van der Waals surface area contributed by atoms with Gasteiger partial charge in [0.1, 0.15) is 23.9 Å². The molecule has 2 atom stereocenters. The molecule has 2 aliphatic heterocycles. The third kappa shape index (κ3) is 2.95. The van der Waals surface area contributed by atoms with Crippen molar-refractivity contribution in [2.75, 3.05) is 19.5 Å². The molecule has 34 heavy (non-hydrogen) atoms. The maximum Gasteiger partial charge on any atom is 0.226 e. The molecule has 4 aromatic rings. The van der Waals surface area contributed by atoms with E-state index in [1.807, 2.05) is 48.5 Å². The summed E-state index contributed by atoms with van der Waals surface area (Å²) in [6, 6.07) is 19.5. The summed E-state index contributed by atoms with van der Waals surface area (Å²) in [7, 11) is 3.19. The fourth-order valence-corrected chi connectivity index (χ4v) is 4.79. The van der Waals surface area contributed by atoms with Crippen LogP contribution in [0.2, 0.25) is 0 Å². The molecule has 0 saturated heterocycles. The van der Waals surface area contributed by atoms with E-state index in [0.29, 0.717) is 28.8 Å². The Morgan fingerprint density at radius 3 is 2.56 bits per heavy atom. The van der Waals surface area contributed by atoms with Crippen LogP contribution in [-0.2, 0) is 0 Å². The number of fused-ring (bicyclic) bond motifs is 3. The Hall–Kier alpha value is -4.33. The minimum atomic E-state index is -0.607. The summed E-state index contributed by atoms with van der Waals surface area (Å²) < 4.78 is 34.8.